The minimum atomic E-state index is -4.65. The van der Waals surface area contributed by atoms with Gasteiger partial charge in [-0.25, -0.2) is 4.79 Å². The number of nitrogens with zero attached hydrogens (tertiary/aromatic N) is 4. The van der Waals surface area contributed by atoms with E-state index in [1.54, 1.807) is 42.3 Å². The van der Waals surface area contributed by atoms with Crippen molar-refractivity contribution in [1.29, 1.82) is 0 Å². The third kappa shape index (κ3) is 5.37. The van der Waals surface area contributed by atoms with Crippen LogP contribution in [0.3, 0.4) is 0 Å². The smallest absolute Gasteiger partial charge is 0.417 e. The van der Waals surface area contributed by atoms with E-state index in [1.165, 1.54) is 35.2 Å². The SMILES string of the molecule is CNC(=O)c1cc(Oc2ccc(N3CN(C)CN(c4ccc(Cl)c(C(F)(F)F)c4)C3=O)cc2)ccn1. The highest BCUT2D eigenvalue weighted by atomic mass is 35.5. The van der Waals surface area contributed by atoms with E-state index < -0.39 is 22.8 Å². The summed E-state index contributed by atoms with van der Waals surface area (Å²) in [4.78, 5) is 33.5. The number of carbonyl (C=O) groups is 2. The normalized spacial score (nSPS) is 14.7. The van der Waals surface area contributed by atoms with E-state index in [0.29, 0.717) is 17.2 Å². The number of benzene rings is 2. The van der Waals surface area contributed by atoms with E-state index in [0.717, 1.165) is 12.1 Å². The maximum atomic E-state index is 13.3. The highest BCUT2D eigenvalue weighted by Crippen LogP contribution is 2.38. The second-order valence-electron chi connectivity index (χ2n) is 7.99. The van der Waals surface area contributed by atoms with Crippen molar-refractivity contribution in [3.63, 3.8) is 0 Å². The quantitative estimate of drug-likeness (QED) is 0.501. The van der Waals surface area contributed by atoms with Gasteiger partial charge in [0.15, 0.2) is 0 Å². The van der Waals surface area contributed by atoms with Crippen molar-refractivity contribution >= 4 is 34.9 Å². The average molecular weight is 520 g/mol. The summed E-state index contributed by atoms with van der Waals surface area (Å²) in [6.07, 6.45) is -3.20. The van der Waals surface area contributed by atoms with Crippen LogP contribution in [0, 0.1) is 0 Å². The number of pyridine rings is 1. The molecule has 4 rings (SSSR count). The van der Waals surface area contributed by atoms with Crippen LogP contribution < -0.4 is 19.9 Å². The van der Waals surface area contributed by atoms with Gasteiger partial charge < -0.3 is 10.1 Å². The van der Waals surface area contributed by atoms with Gasteiger partial charge in [-0.1, -0.05) is 11.6 Å². The molecule has 0 unspecified atom stereocenters. The predicted octanol–water partition coefficient (Wildman–Crippen LogP) is 5.20. The Balaban J connectivity index is 1.55. The lowest BCUT2D eigenvalue weighted by molar-refractivity contribution is -0.137. The number of amides is 3. The zero-order valence-electron chi connectivity index (χ0n) is 19.2. The van der Waals surface area contributed by atoms with E-state index in [-0.39, 0.29) is 30.6 Å². The molecule has 3 amide bonds. The number of urea groups is 1. The molecule has 0 radical (unpaired) electrons. The molecule has 2 aromatic carbocycles. The van der Waals surface area contributed by atoms with Crippen LogP contribution in [0.5, 0.6) is 11.5 Å². The first kappa shape index (κ1) is 25.3. The lowest BCUT2D eigenvalue weighted by Gasteiger charge is -2.40. The van der Waals surface area contributed by atoms with Crippen LogP contribution in [0.2, 0.25) is 5.02 Å². The Kier molecular flexibility index (Phi) is 7.04. The summed E-state index contributed by atoms with van der Waals surface area (Å²) < 4.78 is 45.8. The Morgan fingerprint density at radius 3 is 2.28 bits per heavy atom. The zero-order valence-corrected chi connectivity index (χ0v) is 20.0. The fourth-order valence-electron chi connectivity index (χ4n) is 3.63. The standard InChI is InChI=1S/C24H21ClF3N5O3/c1-29-22(34)21-12-18(9-10-30-21)36-17-6-3-15(4-7-17)32-13-31(2)14-33(23(32)35)16-5-8-20(25)19(11-16)24(26,27)28/h3-12H,13-14H2,1-2H3,(H,29,34). The van der Waals surface area contributed by atoms with Gasteiger partial charge in [0.25, 0.3) is 5.91 Å². The van der Waals surface area contributed by atoms with Gasteiger partial charge in [0, 0.05) is 30.7 Å². The fraction of sp³-hybridized carbons (Fsp3) is 0.208. The second-order valence-corrected chi connectivity index (χ2v) is 8.40. The van der Waals surface area contributed by atoms with Gasteiger partial charge in [-0.05, 0) is 55.6 Å². The molecule has 2 heterocycles. The molecule has 0 aliphatic carbocycles. The van der Waals surface area contributed by atoms with E-state index >= 15 is 0 Å². The van der Waals surface area contributed by atoms with Crippen molar-refractivity contribution in [3.05, 3.63) is 77.1 Å². The molecule has 1 aliphatic heterocycles. The number of rotatable bonds is 5. The largest absolute Gasteiger partial charge is 0.457 e. The fourth-order valence-corrected chi connectivity index (χ4v) is 3.86. The van der Waals surface area contributed by atoms with Crippen molar-refractivity contribution in [3.8, 4) is 11.5 Å². The third-order valence-electron chi connectivity index (χ3n) is 5.37. The number of alkyl halides is 3. The molecule has 0 bridgehead atoms. The van der Waals surface area contributed by atoms with Crippen LogP contribution in [0.4, 0.5) is 29.3 Å². The molecule has 1 N–H and O–H groups in total. The molecule has 1 aliphatic rings. The van der Waals surface area contributed by atoms with Gasteiger partial charge in [-0.15, -0.1) is 0 Å². The van der Waals surface area contributed by atoms with Crippen molar-refractivity contribution in [2.24, 2.45) is 0 Å². The van der Waals surface area contributed by atoms with Crippen molar-refractivity contribution in [2.75, 3.05) is 37.2 Å². The maximum Gasteiger partial charge on any atom is 0.417 e. The highest BCUT2D eigenvalue weighted by molar-refractivity contribution is 6.31. The molecule has 36 heavy (non-hydrogen) atoms. The molecule has 8 nitrogen and oxygen atoms in total. The molecule has 0 atom stereocenters. The van der Waals surface area contributed by atoms with Crippen molar-refractivity contribution < 1.29 is 27.5 Å². The average Bonchev–Trinajstić information content (AvgIpc) is 2.85. The van der Waals surface area contributed by atoms with Gasteiger partial charge in [0.2, 0.25) is 0 Å². The van der Waals surface area contributed by atoms with Crippen LogP contribution in [0.1, 0.15) is 16.1 Å². The lowest BCUT2D eigenvalue weighted by atomic mass is 10.1. The Labute approximate surface area is 209 Å². The number of nitrogens with one attached hydrogen (secondary N) is 1. The second kappa shape index (κ2) is 10.0. The molecule has 1 saturated heterocycles. The number of anilines is 2. The first-order valence-electron chi connectivity index (χ1n) is 10.7. The molecule has 12 heteroatoms. The summed E-state index contributed by atoms with van der Waals surface area (Å²) in [7, 11) is 3.25. The zero-order chi connectivity index (χ0) is 26.0. The Morgan fingerprint density at radius 2 is 1.64 bits per heavy atom. The number of hydrogen-bond acceptors (Lipinski definition) is 5. The summed E-state index contributed by atoms with van der Waals surface area (Å²) in [5, 5.41) is 2.05. The number of aromatic nitrogens is 1. The first-order chi connectivity index (χ1) is 17.1. The van der Waals surface area contributed by atoms with Gasteiger partial charge >= 0.3 is 12.2 Å². The maximum absolute atomic E-state index is 13.3. The molecular weight excluding hydrogens is 499 g/mol. The topological polar surface area (TPSA) is 78.0 Å². The molecule has 1 fully saturated rings. The Hall–Kier alpha value is -3.83. The number of ether oxygens (including phenoxy) is 1. The van der Waals surface area contributed by atoms with Gasteiger partial charge in [-0.3, -0.25) is 24.5 Å². The van der Waals surface area contributed by atoms with E-state index in [2.05, 4.69) is 10.3 Å². The summed E-state index contributed by atoms with van der Waals surface area (Å²) in [6.45, 7) is 0.334. The van der Waals surface area contributed by atoms with E-state index in [4.69, 9.17) is 16.3 Å². The third-order valence-corrected chi connectivity index (χ3v) is 5.70. The summed E-state index contributed by atoms with van der Waals surface area (Å²) in [5.74, 6) is 0.505. The molecule has 1 aromatic heterocycles. The first-order valence-corrected chi connectivity index (χ1v) is 11.0. The van der Waals surface area contributed by atoms with Crippen LogP contribution in [0.15, 0.2) is 60.8 Å². The Bertz CT molecular complexity index is 1290. The van der Waals surface area contributed by atoms with Crippen molar-refractivity contribution in [1.82, 2.24) is 15.2 Å². The summed E-state index contributed by atoms with van der Waals surface area (Å²) >= 11 is 5.73. The molecule has 3 aromatic rings. The molecule has 0 saturated carbocycles. The van der Waals surface area contributed by atoms with Crippen LogP contribution in [-0.2, 0) is 6.18 Å². The number of halogens is 4. The van der Waals surface area contributed by atoms with Crippen LogP contribution in [0.25, 0.3) is 0 Å². The van der Waals surface area contributed by atoms with E-state index in [1.807, 2.05) is 0 Å². The number of hydrogen-bond donors (Lipinski definition) is 1. The molecular formula is C24H21ClF3N5O3. The number of carbonyl (C=O) groups excluding carboxylic acids is 2. The minimum absolute atomic E-state index is 0.0813. The van der Waals surface area contributed by atoms with Gasteiger partial charge in [-0.2, -0.15) is 13.2 Å². The van der Waals surface area contributed by atoms with Crippen molar-refractivity contribution in [2.45, 2.75) is 6.18 Å². The van der Waals surface area contributed by atoms with E-state index in [9.17, 15) is 22.8 Å². The monoisotopic (exact) mass is 519 g/mol. The Morgan fingerprint density at radius 1 is 1.00 bits per heavy atom. The highest BCUT2D eigenvalue weighted by Gasteiger charge is 2.36. The predicted molar refractivity (Wildman–Crippen MR) is 128 cm³/mol. The minimum Gasteiger partial charge on any atom is -0.457 e. The lowest BCUT2D eigenvalue weighted by Crippen LogP contribution is -2.57. The summed E-state index contributed by atoms with van der Waals surface area (Å²) in [6, 6.07) is 12.6. The van der Waals surface area contributed by atoms with Crippen LogP contribution in [-0.4, -0.2) is 49.3 Å². The molecule has 0 spiro atoms. The van der Waals surface area contributed by atoms with Crippen LogP contribution >= 0.6 is 11.6 Å². The van der Waals surface area contributed by atoms with Gasteiger partial charge in [0.05, 0.1) is 23.9 Å². The summed E-state index contributed by atoms with van der Waals surface area (Å²) in [5.41, 5.74) is -0.205. The molecule has 188 valence electrons. The van der Waals surface area contributed by atoms with Gasteiger partial charge in [0.1, 0.15) is 17.2 Å².